The minimum absolute atomic E-state index is 0.0763. The lowest BCUT2D eigenvalue weighted by molar-refractivity contribution is -0.384. The lowest BCUT2D eigenvalue weighted by atomic mass is 10.1. The SMILES string of the molecule is [N-]=[N+]=Nc1ccc([N+](=O)[O-])cc1-c1ccccn1. The molecule has 0 saturated heterocycles. The number of rotatable bonds is 3. The smallest absolute Gasteiger partial charge is 0.258 e. The number of nitrogens with zero attached hydrogens (tertiary/aromatic N) is 5. The van der Waals surface area contributed by atoms with Crippen molar-refractivity contribution in [1.29, 1.82) is 0 Å². The van der Waals surface area contributed by atoms with Crippen LogP contribution in [-0.4, -0.2) is 9.91 Å². The molecular formula is C11H7N5O2. The second-order valence-corrected chi connectivity index (χ2v) is 3.36. The summed E-state index contributed by atoms with van der Waals surface area (Å²) in [6.07, 6.45) is 1.56. The number of azide groups is 1. The minimum atomic E-state index is -0.508. The molecule has 1 heterocycles. The molecule has 1 aromatic heterocycles. The van der Waals surface area contributed by atoms with Crippen LogP contribution in [0, 0.1) is 10.1 Å². The molecule has 2 aromatic rings. The van der Waals surface area contributed by atoms with Crippen LogP contribution in [0.25, 0.3) is 21.7 Å². The molecule has 0 spiro atoms. The number of aromatic nitrogens is 1. The van der Waals surface area contributed by atoms with Crippen molar-refractivity contribution in [2.45, 2.75) is 0 Å². The third-order valence-corrected chi connectivity index (χ3v) is 2.28. The lowest BCUT2D eigenvalue weighted by Gasteiger charge is -2.04. The Morgan fingerprint density at radius 2 is 2.17 bits per heavy atom. The molecule has 0 atom stereocenters. The first kappa shape index (κ1) is 11.6. The van der Waals surface area contributed by atoms with Gasteiger partial charge >= 0.3 is 0 Å². The number of nitro groups is 1. The summed E-state index contributed by atoms with van der Waals surface area (Å²) in [6.45, 7) is 0. The summed E-state index contributed by atoms with van der Waals surface area (Å²) in [7, 11) is 0. The van der Waals surface area contributed by atoms with Gasteiger partial charge in [-0.3, -0.25) is 15.1 Å². The van der Waals surface area contributed by atoms with Gasteiger partial charge in [0.15, 0.2) is 0 Å². The standard InChI is InChI=1S/C11H7N5O2/c12-15-14-11-5-4-8(16(17)18)7-9(11)10-3-1-2-6-13-10/h1-7H. The van der Waals surface area contributed by atoms with E-state index in [9.17, 15) is 10.1 Å². The normalized spacial score (nSPS) is 9.56. The second kappa shape index (κ2) is 4.94. The van der Waals surface area contributed by atoms with Crippen molar-refractivity contribution in [2.75, 3.05) is 0 Å². The number of pyridine rings is 1. The Balaban J connectivity index is 2.65. The van der Waals surface area contributed by atoms with Crippen molar-refractivity contribution < 1.29 is 4.92 Å². The molecule has 0 aliphatic heterocycles. The van der Waals surface area contributed by atoms with Crippen molar-refractivity contribution >= 4 is 11.4 Å². The van der Waals surface area contributed by atoms with Gasteiger partial charge in [-0.2, -0.15) is 0 Å². The van der Waals surface area contributed by atoms with Crippen molar-refractivity contribution in [3.63, 3.8) is 0 Å². The molecule has 0 amide bonds. The van der Waals surface area contributed by atoms with Gasteiger partial charge in [0, 0.05) is 34.5 Å². The lowest BCUT2D eigenvalue weighted by Crippen LogP contribution is -1.89. The van der Waals surface area contributed by atoms with Gasteiger partial charge in [-0.25, -0.2) is 0 Å². The summed E-state index contributed by atoms with van der Waals surface area (Å²) < 4.78 is 0. The highest BCUT2D eigenvalue weighted by atomic mass is 16.6. The van der Waals surface area contributed by atoms with Gasteiger partial charge in [0.05, 0.1) is 10.6 Å². The third-order valence-electron chi connectivity index (χ3n) is 2.28. The molecule has 88 valence electrons. The van der Waals surface area contributed by atoms with Gasteiger partial charge < -0.3 is 0 Å². The van der Waals surface area contributed by atoms with E-state index >= 15 is 0 Å². The van der Waals surface area contributed by atoms with E-state index in [0.717, 1.165) is 0 Å². The molecule has 0 aliphatic rings. The van der Waals surface area contributed by atoms with Crippen molar-refractivity contribution in [3.05, 3.63) is 63.2 Å². The quantitative estimate of drug-likeness (QED) is 0.269. The molecule has 0 bridgehead atoms. The van der Waals surface area contributed by atoms with Crippen LogP contribution in [0.1, 0.15) is 0 Å². The van der Waals surface area contributed by atoms with Crippen LogP contribution in [0.15, 0.2) is 47.7 Å². The highest BCUT2D eigenvalue weighted by molar-refractivity contribution is 5.75. The van der Waals surface area contributed by atoms with E-state index in [2.05, 4.69) is 15.0 Å². The van der Waals surface area contributed by atoms with Crippen molar-refractivity contribution in [1.82, 2.24) is 4.98 Å². The van der Waals surface area contributed by atoms with E-state index in [-0.39, 0.29) is 5.69 Å². The maximum Gasteiger partial charge on any atom is 0.270 e. The Morgan fingerprint density at radius 1 is 1.33 bits per heavy atom. The molecule has 2 rings (SSSR count). The van der Waals surface area contributed by atoms with E-state index in [1.54, 1.807) is 24.4 Å². The highest BCUT2D eigenvalue weighted by Gasteiger charge is 2.12. The average molecular weight is 241 g/mol. The van der Waals surface area contributed by atoms with Crippen LogP contribution in [0.4, 0.5) is 11.4 Å². The zero-order chi connectivity index (χ0) is 13.0. The Hall–Kier alpha value is -2.92. The van der Waals surface area contributed by atoms with Gasteiger partial charge in [0.25, 0.3) is 5.69 Å². The molecule has 18 heavy (non-hydrogen) atoms. The molecule has 0 saturated carbocycles. The summed E-state index contributed by atoms with van der Waals surface area (Å²) in [5.74, 6) is 0. The first-order valence-corrected chi connectivity index (χ1v) is 4.97. The largest absolute Gasteiger partial charge is 0.270 e. The zero-order valence-electron chi connectivity index (χ0n) is 9.09. The summed E-state index contributed by atoms with van der Waals surface area (Å²) in [5.41, 5.74) is 9.65. The number of hydrogen-bond donors (Lipinski definition) is 0. The predicted octanol–water partition coefficient (Wildman–Crippen LogP) is 3.60. The number of non-ortho nitro benzene ring substituents is 1. The number of nitro benzene ring substituents is 1. The zero-order valence-corrected chi connectivity index (χ0v) is 9.09. The summed E-state index contributed by atoms with van der Waals surface area (Å²) in [5, 5.41) is 14.2. The maximum absolute atomic E-state index is 10.7. The number of hydrogen-bond acceptors (Lipinski definition) is 4. The fourth-order valence-corrected chi connectivity index (χ4v) is 1.50. The van der Waals surface area contributed by atoms with Gasteiger partial charge in [-0.1, -0.05) is 11.2 Å². The summed E-state index contributed by atoms with van der Waals surface area (Å²) >= 11 is 0. The van der Waals surface area contributed by atoms with Gasteiger partial charge in [0.1, 0.15) is 0 Å². The number of benzene rings is 1. The maximum atomic E-state index is 10.7. The van der Waals surface area contributed by atoms with E-state index in [4.69, 9.17) is 5.53 Å². The first-order chi connectivity index (χ1) is 8.72. The minimum Gasteiger partial charge on any atom is -0.258 e. The van der Waals surface area contributed by atoms with Crippen LogP contribution in [-0.2, 0) is 0 Å². The van der Waals surface area contributed by atoms with Crippen LogP contribution >= 0.6 is 0 Å². The summed E-state index contributed by atoms with van der Waals surface area (Å²) in [4.78, 5) is 17.0. The first-order valence-electron chi connectivity index (χ1n) is 4.97. The molecule has 0 radical (unpaired) electrons. The van der Waals surface area contributed by atoms with Crippen LogP contribution in [0.3, 0.4) is 0 Å². The van der Waals surface area contributed by atoms with Crippen molar-refractivity contribution in [3.8, 4) is 11.3 Å². The molecule has 0 fully saturated rings. The summed E-state index contributed by atoms with van der Waals surface area (Å²) in [6, 6.07) is 9.20. The average Bonchev–Trinajstić information content (AvgIpc) is 2.40. The Labute approximate surface area is 101 Å². The van der Waals surface area contributed by atoms with Crippen LogP contribution in [0.2, 0.25) is 0 Å². The van der Waals surface area contributed by atoms with Gasteiger partial charge in [-0.05, 0) is 23.7 Å². The van der Waals surface area contributed by atoms with E-state index < -0.39 is 4.92 Å². The van der Waals surface area contributed by atoms with E-state index in [1.165, 1.54) is 18.2 Å². The molecule has 7 heteroatoms. The van der Waals surface area contributed by atoms with E-state index in [0.29, 0.717) is 16.9 Å². The van der Waals surface area contributed by atoms with Gasteiger partial charge in [0.2, 0.25) is 0 Å². The fourth-order valence-electron chi connectivity index (χ4n) is 1.50. The molecule has 0 N–H and O–H groups in total. The predicted molar refractivity (Wildman–Crippen MR) is 65.1 cm³/mol. The highest BCUT2D eigenvalue weighted by Crippen LogP contribution is 2.32. The molecular weight excluding hydrogens is 234 g/mol. The van der Waals surface area contributed by atoms with Crippen molar-refractivity contribution in [2.24, 2.45) is 5.11 Å². The van der Waals surface area contributed by atoms with E-state index in [1.807, 2.05) is 0 Å². The third kappa shape index (κ3) is 2.26. The molecule has 7 nitrogen and oxygen atoms in total. The Kier molecular flexibility index (Phi) is 3.17. The second-order valence-electron chi connectivity index (χ2n) is 3.36. The monoisotopic (exact) mass is 241 g/mol. The fraction of sp³-hybridized carbons (Fsp3) is 0. The van der Waals surface area contributed by atoms with Crippen LogP contribution in [0.5, 0.6) is 0 Å². The van der Waals surface area contributed by atoms with Crippen LogP contribution < -0.4 is 0 Å². The topological polar surface area (TPSA) is 105 Å². The molecule has 0 unspecified atom stereocenters. The molecule has 1 aromatic carbocycles. The Morgan fingerprint density at radius 3 is 2.78 bits per heavy atom. The molecule has 0 aliphatic carbocycles. The Bertz CT molecular complexity index is 635. The van der Waals surface area contributed by atoms with Gasteiger partial charge in [-0.15, -0.1) is 0 Å².